The van der Waals surface area contributed by atoms with Crippen LogP contribution in [0.15, 0.2) is 133 Å². The quantitative estimate of drug-likeness (QED) is 0.125. The Balaban J connectivity index is 1.24. The van der Waals surface area contributed by atoms with Crippen LogP contribution < -0.4 is 28.4 Å². The summed E-state index contributed by atoms with van der Waals surface area (Å²) < 4.78 is 35.6. The minimum atomic E-state index is -0.943. The van der Waals surface area contributed by atoms with Crippen molar-refractivity contribution in [2.75, 3.05) is 0 Å². The lowest BCUT2D eigenvalue weighted by Gasteiger charge is -2.40. The van der Waals surface area contributed by atoms with Crippen molar-refractivity contribution in [2.24, 2.45) is 0 Å². The van der Waals surface area contributed by atoms with Crippen LogP contribution >= 0.6 is 0 Å². The summed E-state index contributed by atoms with van der Waals surface area (Å²) in [4.78, 5) is 48.6. The molecule has 0 saturated heterocycles. The zero-order valence-corrected chi connectivity index (χ0v) is 33.8. The molecule has 302 valence electrons. The van der Waals surface area contributed by atoms with E-state index in [-0.39, 0.29) is 0 Å². The second-order valence-electron chi connectivity index (χ2n) is 15.7. The molecule has 2 heterocycles. The average Bonchev–Trinajstić information content (AvgIpc) is 3.66. The van der Waals surface area contributed by atoms with E-state index in [1.165, 1.54) is 27.7 Å². The number of benzene rings is 7. The van der Waals surface area contributed by atoms with Gasteiger partial charge in [-0.05, 0) is 80.9 Å². The summed E-state index contributed by atoms with van der Waals surface area (Å²) in [6.07, 6.45) is 0. The molecule has 0 atom stereocenters. The Morgan fingerprint density at radius 1 is 0.339 bits per heavy atom. The number of carbonyl (C=O) groups is 4. The Morgan fingerprint density at radius 2 is 0.629 bits per heavy atom. The van der Waals surface area contributed by atoms with Gasteiger partial charge in [-0.1, -0.05) is 72.8 Å². The molecular weight excluding hydrogens is 785 g/mol. The molecule has 2 aliphatic carbocycles. The van der Waals surface area contributed by atoms with Crippen LogP contribution in [0.25, 0.3) is 22.3 Å². The number of rotatable bonds is 4. The predicted octanol–water partition coefficient (Wildman–Crippen LogP) is 10.3. The van der Waals surface area contributed by atoms with E-state index in [9.17, 15) is 19.2 Å². The van der Waals surface area contributed by atoms with Gasteiger partial charge in [-0.25, -0.2) is 0 Å². The summed E-state index contributed by atoms with van der Waals surface area (Å²) in [7, 11) is 0. The molecule has 7 aromatic rings. The van der Waals surface area contributed by atoms with Crippen LogP contribution in [0.2, 0.25) is 0 Å². The van der Waals surface area contributed by atoms with Gasteiger partial charge in [0.1, 0.15) is 46.0 Å². The van der Waals surface area contributed by atoms with Gasteiger partial charge < -0.3 is 28.4 Å². The van der Waals surface area contributed by atoms with Gasteiger partial charge >= 0.3 is 23.9 Å². The normalized spacial score (nSPS) is 14.3. The van der Waals surface area contributed by atoms with Gasteiger partial charge in [0.05, 0.1) is 10.8 Å². The summed E-state index contributed by atoms with van der Waals surface area (Å²) in [6.45, 7) is 5.40. The summed E-state index contributed by atoms with van der Waals surface area (Å²) in [5, 5.41) is 0. The Kier molecular flexibility index (Phi) is 7.92. The topological polar surface area (TPSA) is 124 Å². The van der Waals surface area contributed by atoms with Gasteiger partial charge in [-0.2, -0.15) is 0 Å². The van der Waals surface area contributed by atoms with Crippen molar-refractivity contribution in [1.82, 2.24) is 0 Å². The van der Waals surface area contributed by atoms with Crippen LogP contribution in [-0.2, 0) is 30.0 Å². The molecule has 0 saturated carbocycles. The van der Waals surface area contributed by atoms with E-state index in [0.717, 1.165) is 66.8 Å². The molecule has 0 radical (unpaired) electrons. The van der Waals surface area contributed by atoms with Crippen LogP contribution in [0.4, 0.5) is 0 Å². The Hall–Kier alpha value is -7.98. The third kappa shape index (κ3) is 5.16. The monoisotopic (exact) mass is 818 g/mol. The van der Waals surface area contributed by atoms with E-state index < -0.39 is 34.7 Å². The number of carbonyl (C=O) groups excluding carboxylic acids is 4. The number of fused-ring (bicyclic) bond motifs is 18. The molecule has 7 aromatic carbocycles. The van der Waals surface area contributed by atoms with Crippen molar-refractivity contribution in [3.05, 3.63) is 178 Å². The third-order valence-corrected chi connectivity index (χ3v) is 12.1. The van der Waals surface area contributed by atoms with Gasteiger partial charge in [0, 0.05) is 74.2 Å². The molecule has 10 nitrogen and oxygen atoms in total. The fourth-order valence-electron chi connectivity index (χ4n) is 10.2. The van der Waals surface area contributed by atoms with E-state index in [0.29, 0.717) is 46.0 Å². The molecule has 0 amide bonds. The fourth-order valence-corrected chi connectivity index (χ4v) is 10.2. The highest BCUT2D eigenvalue weighted by Crippen LogP contribution is 2.68. The van der Waals surface area contributed by atoms with Crippen molar-refractivity contribution >= 4 is 23.9 Å². The van der Waals surface area contributed by atoms with Crippen molar-refractivity contribution in [2.45, 2.75) is 38.5 Å². The first kappa shape index (κ1) is 37.1. The number of hydrogen-bond acceptors (Lipinski definition) is 10. The number of hydrogen-bond donors (Lipinski definition) is 0. The first-order valence-corrected chi connectivity index (χ1v) is 20.0. The fraction of sp³-hybridized carbons (Fsp3) is 0.115. The highest BCUT2D eigenvalue weighted by molar-refractivity contribution is 5.96. The Morgan fingerprint density at radius 3 is 0.919 bits per heavy atom. The number of ether oxygens (including phenoxy) is 6. The second kappa shape index (κ2) is 13.3. The highest BCUT2D eigenvalue weighted by Gasteiger charge is 2.56. The van der Waals surface area contributed by atoms with E-state index in [1.807, 2.05) is 48.5 Å². The molecule has 0 fully saturated rings. The Bertz CT molecular complexity index is 2830. The van der Waals surface area contributed by atoms with Gasteiger partial charge in [0.25, 0.3) is 0 Å². The molecule has 0 aromatic heterocycles. The zero-order valence-electron chi connectivity index (χ0n) is 33.8. The average molecular weight is 819 g/mol. The molecule has 0 unspecified atom stereocenters. The zero-order chi connectivity index (χ0) is 42.7. The minimum Gasteiger partial charge on any atom is -0.456 e. The van der Waals surface area contributed by atoms with Crippen molar-refractivity contribution in [3.63, 3.8) is 0 Å². The van der Waals surface area contributed by atoms with Crippen LogP contribution in [-0.4, -0.2) is 23.9 Å². The molecule has 0 N–H and O–H groups in total. The van der Waals surface area contributed by atoms with Gasteiger partial charge in [0.15, 0.2) is 0 Å². The standard InChI is InChI=1S/C52H34O10/c1-27(53)57-31-13-17-41-47(21-31)61-48-22-32(58-28(2)54)14-18-42(48)51(41)39-11-7-5-9-35(39)37-26-46-38(25-45(37)51)36-10-6-8-12-40(36)52(46)43-19-15-33(59-29(3)55)23-49(43)62-50-24-34(60-30(4)56)16-20-44(50)52/h5-26H,1-4H3. The van der Waals surface area contributed by atoms with E-state index in [4.69, 9.17) is 28.4 Å². The first-order chi connectivity index (χ1) is 30.0. The van der Waals surface area contributed by atoms with Gasteiger partial charge in [-0.15, -0.1) is 0 Å². The highest BCUT2D eigenvalue weighted by atomic mass is 16.6. The van der Waals surface area contributed by atoms with Gasteiger partial charge in [0.2, 0.25) is 0 Å². The molecule has 4 aliphatic rings. The van der Waals surface area contributed by atoms with E-state index in [2.05, 4.69) is 36.4 Å². The third-order valence-electron chi connectivity index (χ3n) is 12.1. The van der Waals surface area contributed by atoms with Crippen molar-refractivity contribution in [1.29, 1.82) is 0 Å². The summed E-state index contributed by atoms with van der Waals surface area (Å²) in [5.41, 5.74) is 9.48. The van der Waals surface area contributed by atoms with Crippen molar-refractivity contribution in [3.8, 4) is 68.2 Å². The largest absolute Gasteiger partial charge is 0.456 e. The summed E-state index contributed by atoms with van der Waals surface area (Å²) >= 11 is 0. The maximum absolute atomic E-state index is 12.2. The van der Waals surface area contributed by atoms with E-state index in [1.54, 1.807) is 48.5 Å². The van der Waals surface area contributed by atoms with Crippen LogP contribution in [0.5, 0.6) is 46.0 Å². The lowest BCUT2D eigenvalue weighted by molar-refractivity contribution is -0.132. The maximum atomic E-state index is 12.2. The Labute approximate surface area is 355 Å². The molecule has 2 spiro atoms. The molecule has 0 bridgehead atoms. The maximum Gasteiger partial charge on any atom is 0.308 e. The lowest BCUT2D eigenvalue weighted by Crippen LogP contribution is -2.33. The smallest absolute Gasteiger partial charge is 0.308 e. The molecular formula is C52H34O10. The second-order valence-corrected chi connectivity index (χ2v) is 15.7. The summed E-state index contributed by atoms with van der Waals surface area (Å²) in [5.74, 6) is 1.38. The lowest BCUT2D eigenvalue weighted by atomic mass is 9.64. The van der Waals surface area contributed by atoms with Crippen LogP contribution in [0.3, 0.4) is 0 Å². The molecule has 2 aliphatic heterocycles. The molecule has 62 heavy (non-hydrogen) atoms. The predicted molar refractivity (Wildman–Crippen MR) is 226 cm³/mol. The van der Waals surface area contributed by atoms with Crippen LogP contribution in [0, 0.1) is 0 Å². The molecule has 11 rings (SSSR count). The number of esters is 4. The minimum absolute atomic E-state index is 0.327. The van der Waals surface area contributed by atoms with E-state index >= 15 is 0 Å². The van der Waals surface area contributed by atoms with Gasteiger partial charge in [-0.3, -0.25) is 19.2 Å². The SMILES string of the molecule is CC(=O)Oc1ccc2c(c1)Oc1cc(OC(C)=O)ccc1C21c2ccccc2-c2cc3c(cc21)-c1ccccc1C31c2ccc(OC(C)=O)cc2Oc2cc(OC(C)=O)ccc21. The van der Waals surface area contributed by atoms with Crippen molar-refractivity contribution < 1.29 is 47.6 Å². The first-order valence-electron chi connectivity index (χ1n) is 20.0. The van der Waals surface area contributed by atoms with Crippen LogP contribution in [0.1, 0.15) is 72.2 Å². The summed E-state index contributed by atoms with van der Waals surface area (Å²) in [6, 6.07) is 43.1. The molecule has 10 heteroatoms.